The predicted molar refractivity (Wildman–Crippen MR) is 67.2 cm³/mol. The number of benzene rings is 1. The fourth-order valence-electron chi connectivity index (χ4n) is 1.49. The summed E-state index contributed by atoms with van der Waals surface area (Å²) in [4.78, 5) is 11.4. The first kappa shape index (κ1) is 15.8. The molecule has 0 fully saturated rings. The minimum Gasteiger partial charge on any atom is -0.346 e. The highest BCUT2D eigenvalue weighted by Crippen LogP contribution is 2.22. The molecule has 0 atom stereocenters. The quantitative estimate of drug-likeness (QED) is 0.848. The second-order valence-corrected chi connectivity index (χ2v) is 6.25. The third kappa shape index (κ3) is 4.43. The number of carbonyl (C=O) groups excluding carboxylic acids is 1. The molecule has 0 radical (unpaired) electrons. The molecule has 0 unspecified atom stereocenters. The number of carbonyl (C=O) groups is 1. The molecule has 4 nitrogen and oxygen atoms in total. The molecule has 0 bridgehead atoms. The average molecular weight is 312 g/mol. The highest BCUT2D eigenvalue weighted by Gasteiger charge is 2.18. The van der Waals surface area contributed by atoms with Crippen LogP contribution in [-0.4, -0.2) is 27.3 Å². The van der Waals surface area contributed by atoms with E-state index in [1.165, 1.54) is 12.1 Å². The van der Waals surface area contributed by atoms with E-state index in [1.54, 1.807) is 6.92 Å². The van der Waals surface area contributed by atoms with Gasteiger partial charge in [-0.3, -0.25) is 4.79 Å². The molecule has 19 heavy (non-hydrogen) atoms. The predicted octanol–water partition coefficient (Wildman–Crippen LogP) is 2.17. The maximum atomic E-state index is 12.0. The molecule has 1 aromatic rings. The molecule has 0 saturated carbocycles. The maximum Gasteiger partial charge on any atom is 0.261 e. The van der Waals surface area contributed by atoms with Gasteiger partial charge in [0.05, 0.1) is 11.4 Å². The molecule has 0 aliphatic heterocycles. The largest absolute Gasteiger partial charge is 0.346 e. The Balaban J connectivity index is 3.09. The van der Waals surface area contributed by atoms with Gasteiger partial charge < -0.3 is 5.32 Å². The van der Waals surface area contributed by atoms with E-state index in [2.05, 4.69) is 0 Å². The van der Waals surface area contributed by atoms with Crippen molar-refractivity contribution >= 4 is 25.6 Å². The SMILES string of the molecule is CCc1ccc(C(=O)NCC(F)F)cc1S(=O)(=O)Cl. The van der Waals surface area contributed by atoms with E-state index in [4.69, 9.17) is 10.7 Å². The summed E-state index contributed by atoms with van der Waals surface area (Å²) < 4.78 is 46.7. The number of nitrogens with one attached hydrogen (secondary N) is 1. The number of rotatable bonds is 5. The van der Waals surface area contributed by atoms with Crippen molar-refractivity contribution in [2.45, 2.75) is 24.7 Å². The van der Waals surface area contributed by atoms with E-state index in [-0.39, 0.29) is 10.5 Å². The monoisotopic (exact) mass is 311 g/mol. The maximum absolute atomic E-state index is 12.0. The highest BCUT2D eigenvalue weighted by atomic mass is 35.7. The summed E-state index contributed by atoms with van der Waals surface area (Å²) in [5, 5.41) is 1.99. The Bertz CT molecular complexity index is 575. The van der Waals surface area contributed by atoms with Crippen LogP contribution in [-0.2, 0) is 15.5 Å². The number of halogens is 3. The number of alkyl halides is 2. The number of hydrogen-bond acceptors (Lipinski definition) is 3. The van der Waals surface area contributed by atoms with Gasteiger partial charge in [0.15, 0.2) is 0 Å². The number of hydrogen-bond donors (Lipinski definition) is 1. The van der Waals surface area contributed by atoms with Crippen molar-refractivity contribution in [3.05, 3.63) is 29.3 Å². The van der Waals surface area contributed by atoms with Gasteiger partial charge in [-0.05, 0) is 24.1 Å². The minimum absolute atomic E-state index is 0.0305. The first-order valence-corrected chi connectivity index (χ1v) is 7.70. The summed E-state index contributed by atoms with van der Waals surface area (Å²) in [5.41, 5.74) is 0.428. The Morgan fingerprint density at radius 3 is 2.53 bits per heavy atom. The van der Waals surface area contributed by atoms with Crippen LogP contribution in [0.5, 0.6) is 0 Å². The van der Waals surface area contributed by atoms with Crippen LogP contribution in [0.1, 0.15) is 22.8 Å². The third-order valence-corrected chi connectivity index (χ3v) is 3.79. The molecule has 0 aliphatic carbocycles. The molecular formula is C11H12ClF2NO3S. The molecular weight excluding hydrogens is 300 g/mol. The molecule has 1 rings (SSSR count). The Hall–Kier alpha value is -1.21. The zero-order chi connectivity index (χ0) is 14.6. The molecule has 8 heteroatoms. The Morgan fingerprint density at radius 2 is 2.05 bits per heavy atom. The fraction of sp³-hybridized carbons (Fsp3) is 0.364. The molecule has 0 spiro atoms. The van der Waals surface area contributed by atoms with Gasteiger partial charge in [0, 0.05) is 16.2 Å². The van der Waals surface area contributed by atoms with Crippen molar-refractivity contribution in [3.8, 4) is 0 Å². The van der Waals surface area contributed by atoms with E-state index in [9.17, 15) is 22.0 Å². The zero-order valence-electron chi connectivity index (χ0n) is 9.99. The van der Waals surface area contributed by atoms with Crippen LogP contribution >= 0.6 is 10.7 Å². The van der Waals surface area contributed by atoms with Gasteiger partial charge in [0.1, 0.15) is 0 Å². The summed E-state index contributed by atoms with van der Waals surface area (Å²) >= 11 is 0. The van der Waals surface area contributed by atoms with Crippen LogP contribution in [0.4, 0.5) is 8.78 Å². The molecule has 0 aromatic heterocycles. The van der Waals surface area contributed by atoms with Crippen molar-refractivity contribution in [1.29, 1.82) is 0 Å². The Kier molecular flexibility index (Phi) is 5.25. The Morgan fingerprint density at radius 1 is 1.42 bits per heavy atom. The van der Waals surface area contributed by atoms with Crippen molar-refractivity contribution in [1.82, 2.24) is 5.32 Å². The van der Waals surface area contributed by atoms with Crippen LogP contribution in [0.15, 0.2) is 23.1 Å². The van der Waals surface area contributed by atoms with Gasteiger partial charge in [-0.25, -0.2) is 17.2 Å². The number of amides is 1. The molecule has 1 amide bonds. The van der Waals surface area contributed by atoms with Crippen molar-refractivity contribution in [2.75, 3.05) is 6.54 Å². The summed E-state index contributed by atoms with van der Waals surface area (Å²) in [6.07, 6.45) is -2.25. The van der Waals surface area contributed by atoms with E-state index in [0.717, 1.165) is 6.07 Å². The lowest BCUT2D eigenvalue weighted by atomic mass is 10.1. The van der Waals surface area contributed by atoms with Gasteiger partial charge in [0.2, 0.25) is 0 Å². The molecule has 106 valence electrons. The summed E-state index contributed by atoms with van der Waals surface area (Å²) in [6.45, 7) is 0.939. The fourth-order valence-corrected chi connectivity index (χ4v) is 2.71. The van der Waals surface area contributed by atoms with Crippen LogP contribution in [0.2, 0.25) is 0 Å². The van der Waals surface area contributed by atoms with Crippen LogP contribution in [0.25, 0.3) is 0 Å². The summed E-state index contributed by atoms with van der Waals surface area (Å²) in [7, 11) is 1.28. The topological polar surface area (TPSA) is 63.2 Å². The second kappa shape index (κ2) is 6.29. The van der Waals surface area contributed by atoms with Gasteiger partial charge in [-0.1, -0.05) is 13.0 Å². The van der Waals surface area contributed by atoms with Crippen LogP contribution in [0.3, 0.4) is 0 Å². The first-order chi connectivity index (χ1) is 8.75. The molecule has 0 aliphatic rings. The van der Waals surface area contributed by atoms with Gasteiger partial charge in [0.25, 0.3) is 21.4 Å². The molecule has 0 heterocycles. The summed E-state index contributed by atoms with van der Waals surface area (Å²) in [6, 6.07) is 3.89. The molecule has 1 aromatic carbocycles. The lowest BCUT2D eigenvalue weighted by molar-refractivity contribution is 0.0891. The normalized spacial score (nSPS) is 11.6. The van der Waals surface area contributed by atoms with E-state index in [1.807, 2.05) is 5.32 Å². The molecule has 0 saturated heterocycles. The number of aryl methyl sites for hydroxylation is 1. The van der Waals surface area contributed by atoms with Gasteiger partial charge in [-0.2, -0.15) is 0 Å². The van der Waals surface area contributed by atoms with Crippen molar-refractivity contribution < 1.29 is 22.0 Å². The van der Waals surface area contributed by atoms with Crippen LogP contribution < -0.4 is 5.32 Å². The average Bonchev–Trinajstić information content (AvgIpc) is 2.34. The van der Waals surface area contributed by atoms with E-state index in [0.29, 0.717) is 12.0 Å². The second-order valence-electron chi connectivity index (χ2n) is 3.72. The lowest BCUT2D eigenvalue weighted by Gasteiger charge is -2.08. The highest BCUT2D eigenvalue weighted by molar-refractivity contribution is 8.13. The van der Waals surface area contributed by atoms with Crippen molar-refractivity contribution in [2.24, 2.45) is 0 Å². The zero-order valence-corrected chi connectivity index (χ0v) is 11.6. The third-order valence-electron chi connectivity index (χ3n) is 2.39. The minimum atomic E-state index is -3.99. The smallest absolute Gasteiger partial charge is 0.261 e. The van der Waals surface area contributed by atoms with Crippen LogP contribution in [0, 0.1) is 0 Å². The van der Waals surface area contributed by atoms with Gasteiger partial charge >= 0.3 is 0 Å². The first-order valence-electron chi connectivity index (χ1n) is 5.39. The van der Waals surface area contributed by atoms with E-state index >= 15 is 0 Å². The molecule has 1 N–H and O–H groups in total. The standard InChI is InChI=1S/C11H12ClF2NO3S/c1-2-7-3-4-8(5-9(7)19(12,17)18)11(16)15-6-10(13)14/h3-5,10H,2,6H2,1H3,(H,15,16). The van der Waals surface area contributed by atoms with Crippen molar-refractivity contribution in [3.63, 3.8) is 0 Å². The van der Waals surface area contributed by atoms with E-state index < -0.39 is 27.9 Å². The van der Waals surface area contributed by atoms with Gasteiger partial charge in [-0.15, -0.1) is 0 Å². The lowest BCUT2D eigenvalue weighted by Crippen LogP contribution is -2.28. The Labute approximate surface area is 114 Å². The summed E-state index contributed by atoms with van der Waals surface area (Å²) in [5.74, 6) is -0.774.